The molecule has 7 heteroatoms. The van der Waals surface area contributed by atoms with Crippen LogP contribution in [0, 0.1) is 0 Å². The lowest BCUT2D eigenvalue weighted by Gasteiger charge is -2.16. The van der Waals surface area contributed by atoms with Crippen molar-refractivity contribution in [3.63, 3.8) is 0 Å². The summed E-state index contributed by atoms with van der Waals surface area (Å²) in [5.41, 5.74) is 0. The first-order valence-corrected chi connectivity index (χ1v) is 6.54. The molecule has 0 saturated carbocycles. The third-order valence-electron chi connectivity index (χ3n) is 2.08. The fourth-order valence-corrected chi connectivity index (χ4v) is 2.20. The van der Waals surface area contributed by atoms with Gasteiger partial charge in [0.2, 0.25) is 10.0 Å². The van der Waals surface area contributed by atoms with Crippen LogP contribution in [0.5, 0.6) is 0 Å². The van der Waals surface area contributed by atoms with Gasteiger partial charge in [-0.25, -0.2) is 12.7 Å². The molecule has 16 heavy (non-hydrogen) atoms. The van der Waals surface area contributed by atoms with E-state index in [1.165, 1.54) is 25.6 Å². The first kappa shape index (κ1) is 15.3. The van der Waals surface area contributed by atoms with Crippen molar-refractivity contribution in [1.82, 2.24) is 4.31 Å². The molecule has 0 N–H and O–H groups in total. The van der Waals surface area contributed by atoms with Crippen LogP contribution in [0.2, 0.25) is 0 Å². The highest BCUT2D eigenvalue weighted by atomic mass is 32.2. The summed E-state index contributed by atoms with van der Waals surface area (Å²) < 4.78 is 33.6. The Morgan fingerprint density at radius 1 is 1.31 bits per heavy atom. The molecule has 0 aromatic rings. The Morgan fingerprint density at radius 2 is 1.94 bits per heavy atom. The fourth-order valence-electron chi connectivity index (χ4n) is 1.03. The Kier molecular flexibility index (Phi) is 7.27. The van der Waals surface area contributed by atoms with Crippen LogP contribution >= 0.6 is 0 Å². The van der Waals surface area contributed by atoms with E-state index in [1.807, 2.05) is 0 Å². The monoisotopic (exact) mass is 253 g/mol. The minimum Gasteiger partial charge on any atom is -0.469 e. The third kappa shape index (κ3) is 6.04. The maximum absolute atomic E-state index is 11.6. The Hall–Kier alpha value is -0.660. The Labute approximate surface area is 96.6 Å². The number of ether oxygens (including phenoxy) is 2. The van der Waals surface area contributed by atoms with Crippen molar-refractivity contribution in [1.29, 1.82) is 0 Å². The third-order valence-corrected chi connectivity index (χ3v) is 4.02. The number of methoxy groups -OCH3 is 2. The molecule has 0 unspecified atom stereocenters. The molecule has 0 heterocycles. The summed E-state index contributed by atoms with van der Waals surface area (Å²) in [6.45, 7) is 0.548. The zero-order valence-electron chi connectivity index (χ0n) is 9.93. The number of sulfonamides is 1. The minimum atomic E-state index is -3.29. The number of hydrogen-bond donors (Lipinski definition) is 0. The van der Waals surface area contributed by atoms with Crippen molar-refractivity contribution >= 4 is 16.0 Å². The highest BCUT2D eigenvalue weighted by Gasteiger charge is 2.18. The van der Waals surface area contributed by atoms with Gasteiger partial charge in [-0.05, 0) is 6.42 Å². The van der Waals surface area contributed by atoms with Gasteiger partial charge in [-0.3, -0.25) is 4.79 Å². The molecule has 0 aromatic carbocycles. The first-order valence-electron chi connectivity index (χ1n) is 4.93. The number of nitrogens with zero attached hydrogens (tertiary/aromatic N) is 1. The van der Waals surface area contributed by atoms with Gasteiger partial charge in [0.15, 0.2) is 0 Å². The predicted molar refractivity (Wildman–Crippen MR) is 59.5 cm³/mol. The standard InChI is InChI=1S/C9H19NO5S/c1-10(6-5-9(11)15-3)16(12,13)8-4-7-14-2/h4-8H2,1-3H3. The Balaban J connectivity index is 4.04. The van der Waals surface area contributed by atoms with E-state index in [9.17, 15) is 13.2 Å². The minimum absolute atomic E-state index is 0.0263. The fraction of sp³-hybridized carbons (Fsp3) is 0.889. The number of carbonyl (C=O) groups excluding carboxylic acids is 1. The van der Waals surface area contributed by atoms with E-state index >= 15 is 0 Å². The van der Waals surface area contributed by atoms with Crippen molar-refractivity contribution in [3.05, 3.63) is 0 Å². The molecule has 0 spiro atoms. The number of esters is 1. The quantitative estimate of drug-likeness (QED) is 0.444. The van der Waals surface area contributed by atoms with E-state index in [-0.39, 0.29) is 18.7 Å². The molecule has 0 amide bonds. The zero-order chi connectivity index (χ0) is 12.6. The van der Waals surface area contributed by atoms with Gasteiger partial charge in [0, 0.05) is 27.3 Å². The van der Waals surface area contributed by atoms with Crippen molar-refractivity contribution in [2.24, 2.45) is 0 Å². The smallest absolute Gasteiger partial charge is 0.306 e. The molecule has 0 radical (unpaired) electrons. The maximum atomic E-state index is 11.6. The summed E-state index contributed by atoms with van der Waals surface area (Å²) in [6, 6.07) is 0. The van der Waals surface area contributed by atoms with E-state index in [2.05, 4.69) is 4.74 Å². The molecule has 0 atom stereocenters. The second-order valence-corrected chi connectivity index (χ2v) is 5.51. The summed E-state index contributed by atoms with van der Waals surface area (Å²) >= 11 is 0. The average Bonchev–Trinajstić information content (AvgIpc) is 2.25. The van der Waals surface area contributed by atoms with Gasteiger partial charge in [0.05, 0.1) is 19.3 Å². The van der Waals surface area contributed by atoms with E-state index < -0.39 is 16.0 Å². The lowest BCUT2D eigenvalue weighted by atomic mass is 10.4. The molecule has 0 aliphatic rings. The van der Waals surface area contributed by atoms with Crippen LogP contribution in [0.15, 0.2) is 0 Å². The molecule has 0 rings (SSSR count). The summed E-state index contributed by atoms with van der Waals surface area (Å²) in [5, 5.41) is 0. The number of rotatable bonds is 8. The van der Waals surface area contributed by atoms with Crippen molar-refractivity contribution < 1.29 is 22.7 Å². The van der Waals surface area contributed by atoms with Gasteiger partial charge < -0.3 is 9.47 Å². The average molecular weight is 253 g/mol. The van der Waals surface area contributed by atoms with E-state index in [0.717, 1.165) is 0 Å². The van der Waals surface area contributed by atoms with E-state index in [0.29, 0.717) is 13.0 Å². The molecular formula is C9H19NO5S. The lowest BCUT2D eigenvalue weighted by molar-refractivity contribution is -0.140. The van der Waals surface area contributed by atoms with Crippen molar-refractivity contribution in [2.45, 2.75) is 12.8 Å². The summed E-state index contributed by atoms with van der Waals surface area (Å²) in [5.74, 6) is -0.391. The molecule has 0 aromatic heterocycles. The highest BCUT2D eigenvalue weighted by molar-refractivity contribution is 7.89. The number of carbonyl (C=O) groups is 1. The molecule has 0 aliphatic carbocycles. The molecule has 0 fully saturated rings. The highest BCUT2D eigenvalue weighted by Crippen LogP contribution is 2.02. The van der Waals surface area contributed by atoms with Crippen molar-refractivity contribution in [2.75, 3.05) is 40.2 Å². The largest absolute Gasteiger partial charge is 0.469 e. The molecule has 0 bridgehead atoms. The second-order valence-electron chi connectivity index (χ2n) is 3.31. The van der Waals surface area contributed by atoms with Crippen LogP contribution in [0.1, 0.15) is 12.8 Å². The van der Waals surface area contributed by atoms with Gasteiger partial charge >= 0.3 is 5.97 Å². The zero-order valence-corrected chi connectivity index (χ0v) is 10.7. The molecule has 0 saturated heterocycles. The normalized spacial score (nSPS) is 11.8. The predicted octanol–water partition coefficient (Wildman–Crippen LogP) is -0.152. The topological polar surface area (TPSA) is 72.9 Å². The van der Waals surface area contributed by atoms with Crippen LogP contribution < -0.4 is 0 Å². The molecule has 6 nitrogen and oxygen atoms in total. The van der Waals surface area contributed by atoms with E-state index in [4.69, 9.17) is 4.74 Å². The van der Waals surface area contributed by atoms with Gasteiger partial charge in [-0.2, -0.15) is 0 Å². The number of hydrogen-bond acceptors (Lipinski definition) is 5. The van der Waals surface area contributed by atoms with Crippen LogP contribution in [-0.2, 0) is 24.3 Å². The summed E-state index contributed by atoms with van der Waals surface area (Å²) in [7, 11) is 0.953. The molecule has 96 valence electrons. The van der Waals surface area contributed by atoms with Gasteiger partial charge in [0.1, 0.15) is 0 Å². The van der Waals surface area contributed by atoms with Crippen LogP contribution in [-0.4, -0.2) is 58.9 Å². The molecule has 0 aliphatic heterocycles. The van der Waals surface area contributed by atoms with Gasteiger partial charge in [-0.15, -0.1) is 0 Å². The SMILES string of the molecule is COCCCS(=O)(=O)N(C)CCC(=O)OC. The van der Waals surface area contributed by atoms with Gasteiger partial charge in [0.25, 0.3) is 0 Å². The summed E-state index contributed by atoms with van der Waals surface area (Å²) in [6.07, 6.45) is 0.512. The Morgan fingerprint density at radius 3 is 2.44 bits per heavy atom. The Bertz CT molecular complexity index is 301. The lowest BCUT2D eigenvalue weighted by Crippen LogP contribution is -2.31. The maximum Gasteiger partial charge on any atom is 0.306 e. The summed E-state index contributed by atoms with van der Waals surface area (Å²) in [4.78, 5) is 10.8. The first-order chi connectivity index (χ1) is 7.44. The van der Waals surface area contributed by atoms with Gasteiger partial charge in [-0.1, -0.05) is 0 Å². The van der Waals surface area contributed by atoms with Crippen LogP contribution in [0.25, 0.3) is 0 Å². The van der Waals surface area contributed by atoms with Crippen molar-refractivity contribution in [3.8, 4) is 0 Å². The molecular weight excluding hydrogens is 234 g/mol. The second kappa shape index (κ2) is 7.59. The van der Waals surface area contributed by atoms with Crippen LogP contribution in [0.4, 0.5) is 0 Å². The van der Waals surface area contributed by atoms with E-state index in [1.54, 1.807) is 0 Å². The van der Waals surface area contributed by atoms with Crippen LogP contribution in [0.3, 0.4) is 0 Å².